The lowest BCUT2D eigenvalue weighted by atomic mass is 10.0. The highest BCUT2D eigenvalue weighted by Gasteiger charge is 2.32. The standard InChI is InChI=1S/C22H32F4O2/c1-3-5-7-8-9-10-11-13-18(12-6-4-2)28-21(27)19-16-17(22(24,25)26)14-15-20(19)23/h14-16,18H,3-13H2,1-2H3. The number of hydrogen-bond acceptors (Lipinski definition) is 2. The summed E-state index contributed by atoms with van der Waals surface area (Å²) in [6, 6.07) is 1.82. The van der Waals surface area contributed by atoms with E-state index in [-0.39, 0.29) is 0 Å². The van der Waals surface area contributed by atoms with Gasteiger partial charge in [0.25, 0.3) is 0 Å². The summed E-state index contributed by atoms with van der Waals surface area (Å²) in [6.07, 6.45) is 5.90. The molecule has 28 heavy (non-hydrogen) atoms. The lowest BCUT2D eigenvalue weighted by Gasteiger charge is -2.18. The van der Waals surface area contributed by atoms with Crippen molar-refractivity contribution in [1.82, 2.24) is 0 Å². The van der Waals surface area contributed by atoms with Gasteiger partial charge in [-0.2, -0.15) is 13.2 Å². The molecule has 1 aromatic rings. The van der Waals surface area contributed by atoms with E-state index >= 15 is 0 Å². The Bertz CT molecular complexity index is 584. The SMILES string of the molecule is CCCCCCCCCC(CCCC)OC(=O)c1cc(C(F)(F)F)ccc1F. The number of rotatable bonds is 13. The van der Waals surface area contributed by atoms with E-state index in [9.17, 15) is 22.4 Å². The van der Waals surface area contributed by atoms with Gasteiger partial charge in [-0.25, -0.2) is 9.18 Å². The number of halogens is 4. The Hall–Kier alpha value is -1.59. The summed E-state index contributed by atoms with van der Waals surface area (Å²) >= 11 is 0. The van der Waals surface area contributed by atoms with E-state index in [0.717, 1.165) is 32.1 Å². The molecule has 0 spiro atoms. The first-order chi connectivity index (χ1) is 13.3. The zero-order valence-electron chi connectivity index (χ0n) is 16.9. The largest absolute Gasteiger partial charge is 0.459 e. The Morgan fingerprint density at radius 2 is 1.50 bits per heavy atom. The van der Waals surface area contributed by atoms with Gasteiger partial charge in [0.05, 0.1) is 11.1 Å². The van der Waals surface area contributed by atoms with Gasteiger partial charge >= 0.3 is 12.1 Å². The van der Waals surface area contributed by atoms with Crippen molar-refractivity contribution >= 4 is 5.97 Å². The fraction of sp³-hybridized carbons (Fsp3) is 0.682. The molecule has 0 bridgehead atoms. The van der Waals surface area contributed by atoms with Crippen LogP contribution in [0.1, 0.15) is 100 Å². The number of hydrogen-bond donors (Lipinski definition) is 0. The number of alkyl halides is 3. The van der Waals surface area contributed by atoms with Crippen LogP contribution in [0.2, 0.25) is 0 Å². The van der Waals surface area contributed by atoms with Crippen LogP contribution in [-0.2, 0) is 10.9 Å². The molecule has 0 N–H and O–H groups in total. The van der Waals surface area contributed by atoms with Gasteiger partial charge in [0, 0.05) is 0 Å². The molecule has 1 aromatic carbocycles. The van der Waals surface area contributed by atoms with E-state index in [1.54, 1.807) is 0 Å². The van der Waals surface area contributed by atoms with E-state index in [0.29, 0.717) is 31.0 Å². The molecule has 0 aliphatic rings. The van der Waals surface area contributed by atoms with Crippen LogP contribution in [0.4, 0.5) is 17.6 Å². The molecule has 6 heteroatoms. The molecule has 2 nitrogen and oxygen atoms in total. The first-order valence-corrected chi connectivity index (χ1v) is 10.4. The molecular formula is C22H32F4O2. The minimum Gasteiger partial charge on any atom is -0.459 e. The van der Waals surface area contributed by atoms with E-state index in [4.69, 9.17) is 4.74 Å². The average molecular weight is 404 g/mol. The Balaban J connectivity index is 2.64. The molecule has 0 radical (unpaired) electrons. The summed E-state index contributed by atoms with van der Waals surface area (Å²) < 4.78 is 57.8. The van der Waals surface area contributed by atoms with E-state index < -0.39 is 35.2 Å². The summed E-state index contributed by atoms with van der Waals surface area (Å²) in [6.45, 7) is 4.18. The van der Waals surface area contributed by atoms with Crippen molar-refractivity contribution in [2.75, 3.05) is 0 Å². The van der Waals surface area contributed by atoms with Crippen LogP contribution in [0.25, 0.3) is 0 Å². The molecule has 0 aliphatic carbocycles. The first-order valence-electron chi connectivity index (χ1n) is 10.4. The third-order valence-corrected chi connectivity index (χ3v) is 4.80. The Morgan fingerprint density at radius 1 is 0.929 bits per heavy atom. The topological polar surface area (TPSA) is 26.3 Å². The van der Waals surface area contributed by atoms with Gasteiger partial charge < -0.3 is 4.74 Å². The molecule has 1 unspecified atom stereocenters. The predicted molar refractivity (Wildman–Crippen MR) is 103 cm³/mol. The molecule has 0 amide bonds. The lowest BCUT2D eigenvalue weighted by molar-refractivity contribution is -0.137. The number of carbonyl (C=O) groups excluding carboxylic acids is 1. The highest BCUT2D eigenvalue weighted by molar-refractivity contribution is 5.90. The first kappa shape index (κ1) is 24.4. The zero-order chi connectivity index (χ0) is 21.0. The van der Waals surface area contributed by atoms with Crippen molar-refractivity contribution in [2.45, 2.75) is 96.8 Å². The second-order valence-corrected chi connectivity index (χ2v) is 7.27. The Morgan fingerprint density at radius 3 is 2.11 bits per heavy atom. The molecule has 0 saturated heterocycles. The highest BCUT2D eigenvalue weighted by atomic mass is 19.4. The van der Waals surface area contributed by atoms with Crippen LogP contribution in [0.15, 0.2) is 18.2 Å². The van der Waals surface area contributed by atoms with Crippen LogP contribution >= 0.6 is 0 Å². The van der Waals surface area contributed by atoms with Crippen molar-refractivity contribution in [3.05, 3.63) is 35.1 Å². The summed E-state index contributed by atoms with van der Waals surface area (Å²) in [4.78, 5) is 12.3. The molecule has 0 saturated carbocycles. The van der Waals surface area contributed by atoms with Gasteiger partial charge in [-0.3, -0.25) is 0 Å². The van der Waals surface area contributed by atoms with Crippen molar-refractivity contribution in [3.63, 3.8) is 0 Å². The Labute approximate surface area is 165 Å². The van der Waals surface area contributed by atoms with Crippen LogP contribution in [0.5, 0.6) is 0 Å². The molecular weight excluding hydrogens is 372 g/mol. The summed E-state index contributed by atoms with van der Waals surface area (Å²) in [5.41, 5.74) is -1.71. The molecule has 1 atom stereocenters. The normalized spacial score (nSPS) is 12.8. The van der Waals surface area contributed by atoms with Gasteiger partial charge in [0.15, 0.2) is 0 Å². The second-order valence-electron chi connectivity index (χ2n) is 7.27. The zero-order valence-corrected chi connectivity index (χ0v) is 16.9. The van der Waals surface area contributed by atoms with Crippen molar-refractivity contribution in [1.29, 1.82) is 0 Å². The molecule has 0 fully saturated rings. The Kier molecular flexibility index (Phi) is 11.2. The van der Waals surface area contributed by atoms with Crippen LogP contribution in [0.3, 0.4) is 0 Å². The van der Waals surface area contributed by atoms with Crippen LogP contribution < -0.4 is 0 Å². The molecule has 160 valence electrons. The molecule has 0 aliphatic heterocycles. The third-order valence-electron chi connectivity index (χ3n) is 4.80. The number of ether oxygens (including phenoxy) is 1. The van der Waals surface area contributed by atoms with Crippen molar-refractivity contribution in [3.8, 4) is 0 Å². The number of carbonyl (C=O) groups is 1. The van der Waals surface area contributed by atoms with E-state index in [1.807, 2.05) is 6.92 Å². The van der Waals surface area contributed by atoms with Crippen molar-refractivity contribution < 1.29 is 27.1 Å². The van der Waals surface area contributed by atoms with E-state index in [1.165, 1.54) is 25.7 Å². The van der Waals surface area contributed by atoms with Crippen molar-refractivity contribution in [2.24, 2.45) is 0 Å². The van der Waals surface area contributed by atoms with Crippen LogP contribution in [0, 0.1) is 5.82 Å². The third kappa shape index (κ3) is 9.07. The number of benzene rings is 1. The molecule has 0 aromatic heterocycles. The van der Waals surface area contributed by atoms with Crippen LogP contribution in [-0.4, -0.2) is 12.1 Å². The van der Waals surface area contributed by atoms with Gasteiger partial charge in [-0.05, 0) is 37.5 Å². The maximum absolute atomic E-state index is 13.9. The summed E-state index contributed by atoms with van der Waals surface area (Å²) in [5.74, 6) is -2.02. The minimum absolute atomic E-state index is 0.392. The monoisotopic (exact) mass is 404 g/mol. The minimum atomic E-state index is -4.64. The summed E-state index contributed by atoms with van der Waals surface area (Å²) in [7, 11) is 0. The fourth-order valence-corrected chi connectivity index (χ4v) is 3.10. The predicted octanol–water partition coefficient (Wildman–Crippen LogP) is 7.70. The average Bonchev–Trinajstić information content (AvgIpc) is 2.64. The number of esters is 1. The fourth-order valence-electron chi connectivity index (χ4n) is 3.10. The summed E-state index contributed by atoms with van der Waals surface area (Å²) in [5, 5.41) is 0. The van der Waals surface area contributed by atoms with Gasteiger partial charge in [0.2, 0.25) is 0 Å². The van der Waals surface area contributed by atoms with Gasteiger partial charge in [0.1, 0.15) is 11.9 Å². The lowest BCUT2D eigenvalue weighted by Crippen LogP contribution is -2.20. The maximum atomic E-state index is 13.9. The molecule has 0 heterocycles. The van der Waals surface area contributed by atoms with E-state index in [2.05, 4.69) is 6.92 Å². The van der Waals surface area contributed by atoms with Gasteiger partial charge in [-0.15, -0.1) is 0 Å². The molecule has 1 rings (SSSR count). The van der Waals surface area contributed by atoms with Gasteiger partial charge in [-0.1, -0.05) is 65.2 Å². The number of unbranched alkanes of at least 4 members (excludes halogenated alkanes) is 7. The smallest absolute Gasteiger partial charge is 0.416 e. The quantitative estimate of drug-likeness (QED) is 0.191. The highest BCUT2D eigenvalue weighted by Crippen LogP contribution is 2.30. The second kappa shape index (κ2) is 12.8. The maximum Gasteiger partial charge on any atom is 0.416 e.